The summed E-state index contributed by atoms with van der Waals surface area (Å²) in [6, 6.07) is 14.2. The summed E-state index contributed by atoms with van der Waals surface area (Å²) >= 11 is 0. The molecule has 0 radical (unpaired) electrons. The van der Waals surface area contributed by atoms with Gasteiger partial charge in [-0.25, -0.2) is 19.3 Å². The van der Waals surface area contributed by atoms with E-state index in [2.05, 4.69) is 15.0 Å². The number of ether oxygens (including phenoxy) is 2. The second-order valence-corrected chi connectivity index (χ2v) is 6.36. The first-order chi connectivity index (χ1) is 15.0. The van der Waals surface area contributed by atoms with E-state index in [0.29, 0.717) is 22.2 Å². The van der Waals surface area contributed by atoms with Crippen LogP contribution < -0.4 is 15.2 Å². The van der Waals surface area contributed by atoms with E-state index in [1.165, 1.54) is 19.2 Å². The van der Waals surface area contributed by atoms with Gasteiger partial charge in [-0.05, 0) is 30.3 Å². The third-order valence-corrected chi connectivity index (χ3v) is 4.42. The highest BCUT2D eigenvalue weighted by atomic mass is 19.1. The number of hydrogen-bond acceptors (Lipinski definition) is 7. The quantitative estimate of drug-likeness (QED) is 0.528. The Morgan fingerprint density at radius 3 is 2.65 bits per heavy atom. The van der Waals surface area contributed by atoms with Gasteiger partial charge in [-0.1, -0.05) is 12.1 Å². The molecule has 0 aliphatic carbocycles. The highest BCUT2D eigenvalue weighted by molar-refractivity contribution is 5.98. The molecule has 9 heteroatoms. The summed E-state index contributed by atoms with van der Waals surface area (Å²) in [7, 11) is 1.36. The minimum atomic E-state index is -0.837. The van der Waals surface area contributed by atoms with Crippen LogP contribution in [0.4, 0.5) is 4.39 Å². The average molecular weight is 415 g/mol. The smallest absolute Gasteiger partial charge is 0.272 e. The van der Waals surface area contributed by atoms with Gasteiger partial charge in [0, 0.05) is 23.4 Å². The fourth-order valence-electron chi connectivity index (χ4n) is 2.98. The standard InChI is InChI=1S/C22H14FN5O3/c1-30-18-9-13(23)6-8-17(18)31-22-20(21(25)29)27-16-4-2-3-15(19(16)28-22)12-5-7-14(10-24)26-11-12/h2-9,11H,1H3,(H2,25,29). The number of hydrogen-bond donors (Lipinski definition) is 1. The van der Waals surface area contributed by atoms with Crippen molar-refractivity contribution >= 4 is 16.9 Å². The molecule has 0 unspecified atom stereocenters. The van der Waals surface area contributed by atoms with Crippen LogP contribution in [0.5, 0.6) is 17.4 Å². The van der Waals surface area contributed by atoms with Gasteiger partial charge in [0.1, 0.15) is 23.1 Å². The lowest BCUT2D eigenvalue weighted by Crippen LogP contribution is -2.15. The maximum absolute atomic E-state index is 13.5. The van der Waals surface area contributed by atoms with Crippen LogP contribution in [-0.4, -0.2) is 28.0 Å². The number of amides is 1. The van der Waals surface area contributed by atoms with Gasteiger partial charge in [0.05, 0.1) is 12.6 Å². The predicted molar refractivity (Wildman–Crippen MR) is 109 cm³/mol. The van der Waals surface area contributed by atoms with Crippen LogP contribution in [0.15, 0.2) is 54.7 Å². The molecular formula is C22H14FN5O3. The Balaban J connectivity index is 1.89. The number of carbonyl (C=O) groups excluding carboxylic acids is 1. The van der Waals surface area contributed by atoms with Gasteiger partial charge >= 0.3 is 0 Å². The molecule has 0 fully saturated rings. The van der Waals surface area contributed by atoms with E-state index in [0.717, 1.165) is 6.07 Å². The van der Waals surface area contributed by atoms with Crippen molar-refractivity contribution in [1.29, 1.82) is 5.26 Å². The number of benzene rings is 2. The van der Waals surface area contributed by atoms with Crippen molar-refractivity contribution in [2.75, 3.05) is 7.11 Å². The van der Waals surface area contributed by atoms with Gasteiger partial charge in [0.25, 0.3) is 11.8 Å². The maximum atomic E-state index is 13.5. The number of pyridine rings is 1. The Kier molecular flexibility index (Phi) is 5.12. The molecular weight excluding hydrogens is 401 g/mol. The molecule has 0 saturated carbocycles. The highest BCUT2D eigenvalue weighted by Gasteiger charge is 2.20. The van der Waals surface area contributed by atoms with E-state index < -0.39 is 11.7 Å². The molecule has 2 N–H and O–H groups in total. The number of nitrogens with zero attached hydrogens (tertiary/aromatic N) is 4. The van der Waals surface area contributed by atoms with Crippen molar-refractivity contribution in [3.63, 3.8) is 0 Å². The normalized spacial score (nSPS) is 10.5. The Morgan fingerprint density at radius 2 is 1.97 bits per heavy atom. The SMILES string of the molecule is COc1cc(F)ccc1Oc1nc2c(-c3ccc(C#N)nc3)cccc2nc1C(N)=O. The third kappa shape index (κ3) is 3.82. The molecule has 2 aromatic heterocycles. The second kappa shape index (κ2) is 8.04. The van der Waals surface area contributed by atoms with Crippen LogP contribution in [0.1, 0.15) is 16.2 Å². The largest absolute Gasteiger partial charge is 0.493 e. The Hall–Kier alpha value is -4.58. The molecule has 0 aliphatic rings. The number of para-hydroxylation sites is 1. The maximum Gasteiger partial charge on any atom is 0.272 e. The van der Waals surface area contributed by atoms with Crippen LogP contribution in [0.3, 0.4) is 0 Å². The molecule has 0 atom stereocenters. The van der Waals surface area contributed by atoms with Crippen LogP contribution in [0.2, 0.25) is 0 Å². The lowest BCUT2D eigenvalue weighted by molar-refractivity contribution is 0.0992. The second-order valence-electron chi connectivity index (χ2n) is 6.36. The molecule has 8 nitrogen and oxygen atoms in total. The molecule has 31 heavy (non-hydrogen) atoms. The molecule has 4 aromatic rings. The molecule has 2 aromatic carbocycles. The Bertz CT molecular complexity index is 1350. The fraction of sp³-hybridized carbons (Fsp3) is 0.0455. The predicted octanol–water partition coefficient (Wildman–Crippen LogP) is 3.60. The van der Waals surface area contributed by atoms with E-state index >= 15 is 0 Å². The summed E-state index contributed by atoms with van der Waals surface area (Å²) in [6.45, 7) is 0. The summed E-state index contributed by atoms with van der Waals surface area (Å²) in [5, 5.41) is 8.96. The van der Waals surface area contributed by atoms with Crippen molar-refractivity contribution in [1.82, 2.24) is 15.0 Å². The minimum absolute atomic E-state index is 0.113. The molecule has 1 amide bonds. The van der Waals surface area contributed by atoms with Gasteiger partial charge in [0.2, 0.25) is 0 Å². The summed E-state index contributed by atoms with van der Waals surface area (Å²) in [5.74, 6) is -1.26. The number of fused-ring (bicyclic) bond motifs is 1. The van der Waals surface area contributed by atoms with Gasteiger partial charge in [0.15, 0.2) is 17.2 Å². The summed E-state index contributed by atoms with van der Waals surface area (Å²) in [4.78, 5) is 24.9. The summed E-state index contributed by atoms with van der Waals surface area (Å²) < 4.78 is 24.4. The first-order valence-corrected chi connectivity index (χ1v) is 8.98. The number of aromatic nitrogens is 3. The van der Waals surface area contributed by atoms with E-state index in [-0.39, 0.29) is 28.8 Å². The number of halogens is 1. The molecule has 152 valence electrons. The number of nitriles is 1. The number of nitrogens with two attached hydrogens (primary N) is 1. The van der Waals surface area contributed by atoms with Crippen LogP contribution >= 0.6 is 0 Å². The molecule has 0 spiro atoms. The summed E-state index contributed by atoms with van der Waals surface area (Å²) in [5.41, 5.74) is 7.76. The van der Waals surface area contributed by atoms with Crippen molar-refractivity contribution in [3.05, 3.63) is 71.9 Å². The zero-order valence-electron chi connectivity index (χ0n) is 16.2. The number of rotatable bonds is 5. The van der Waals surface area contributed by atoms with E-state index in [4.69, 9.17) is 20.5 Å². The number of carbonyl (C=O) groups is 1. The number of primary amides is 1. The fourth-order valence-corrected chi connectivity index (χ4v) is 2.98. The molecule has 4 rings (SSSR count). The average Bonchev–Trinajstić information content (AvgIpc) is 2.79. The lowest BCUT2D eigenvalue weighted by Gasteiger charge is -2.13. The van der Waals surface area contributed by atoms with Crippen molar-refractivity contribution in [2.24, 2.45) is 5.73 Å². The topological polar surface area (TPSA) is 124 Å². The monoisotopic (exact) mass is 415 g/mol. The van der Waals surface area contributed by atoms with Crippen molar-refractivity contribution in [2.45, 2.75) is 0 Å². The lowest BCUT2D eigenvalue weighted by atomic mass is 10.1. The number of methoxy groups -OCH3 is 1. The minimum Gasteiger partial charge on any atom is -0.493 e. The van der Waals surface area contributed by atoms with E-state index in [1.54, 1.807) is 36.5 Å². The van der Waals surface area contributed by atoms with Crippen LogP contribution in [0, 0.1) is 17.1 Å². The van der Waals surface area contributed by atoms with Gasteiger partial charge in [-0.15, -0.1) is 0 Å². The van der Waals surface area contributed by atoms with Crippen molar-refractivity contribution < 1.29 is 18.7 Å². The summed E-state index contributed by atoms with van der Waals surface area (Å²) in [6.07, 6.45) is 1.54. The zero-order chi connectivity index (χ0) is 22.0. The van der Waals surface area contributed by atoms with Gasteiger partial charge in [-0.3, -0.25) is 4.79 Å². The van der Waals surface area contributed by atoms with E-state index in [1.807, 2.05) is 6.07 Å². The molecule has 0 aliphatic heterocycles. The van der Waals surface area contributed by atoms with Crippen LogP contribution in [0.25, 0.3) is 22.2 Å². The first kappa shape index (κ1) is 19.7. The van der Waals surface area contributed by atoms with Crippen molar-refractivity contribution in [3.8, 4) is 34.6 Å². The zero-order valence-corrected chi connectivity index (χ0v) is 16.2. The molecule has 0 bridgehead atoms. The first-order valence-electron chi connectivity index (χ1n) is 8.98. The van der Waals surface area contributed by atoms with Gasteiger partial charge < -0.3 is 15.2 Å². The Labute approximate surface area is 175 Å². The van der Waals surface area contributed by atoms with Gasteiger partial charge in [-0.2, -0.15) is 5.26 Å². The molecule has 2 heterocycles. The Morgan fingerprint density at radius 1 is 1.13 bits per heavy atom. The van der Waals surface area contributed by atoms with E-state index in [9.17, 15) is 9.18 Å². The third-order valence-electron chi connectivity index (χ3n) is 4.42. The highest BCUT2D eigenvalue weighted by Crippen LogP contribution is 2.34. The van der Waals surface area contributed by atoms with Crippen LogP contribution in [-0.2, 0) is 0 Å². The molecule has 0 saturated heterocycles.